The fourth-order valence-corrected chi connectivity index (χ4v) is 2.71. The Balaban J connectivity index is 2.19. The van der Waals surface area contributed by atoms with Crippen molar-refractivity contribution in [1.29, 1.82) is 0 Å². The number of Topliss-reactive ketones (excluding diaryl/α,β-unsaturated/α-hetero) is 1. The van der Waals surface area contributed by atoms with E-state index in [0.717, 1.165) is 32.1 Å². The van der Waals surface area contributed by atoms with Crippen LogP contribution in [0, 0.1) is 16.0 Å². The third-order valence-corrected chi connectivity index (χ3v) is 3.65. The predicted molar refractivity (Wildman–Crippen MR) is 68.1 cm³/mol. The molecule has 0 aromatic heterocycles. The molecule has 0 heterocycles. The highest BCUT2D eigenvalue weighted by Crippen LogP contribution is 2.29. The number of nitrogens with zero attached hydrogens (tertiary/aromatic N) is 1. The summed E-state index contributed by atoms with van der Waals surface area (Å²) in [7, 11) is 0. The summed E-state index contributed by atoms with van der Waals surface area (Å²) in [4.78, 5) is 23.0. The number of hydrogen-bond acceptors (Lipinski definition) is 3. The molecule has 0 radical (unpaired) electrons. The minimum Gasteiger partial charge on any atom is -0.286 e. The molecular formula is C14H17NO3. The average Bonchev–Trinajstić information content (AvgIpc) is 2.40. The SMILES string of the molecule is O=C(c1ccccc1)C(C1CCCCC1)[N+](=O)[O-]. The molecule has 1 atom stereocenters. The van der Waals surface area contributed by atoms with Gasteiger partial charge in [-0.1, -0.05) is 49.6 Å². The number of carbonyl (C=O) groups excluding carboxylic acids is 1. The van der Waals surface area contributed by atoms with E-state index in [0.29, 0.717) is 5.56 Å². The molecule has 1 fully saturated rings. The molecule has 4 heteroatoms. The second-order valence-electron chi connectivity index (χ2n) is 4.86. The van der Waals surface area contributed by atoms with E-state index in [9.17, 15) is 14.9 Å². The molecule has 0 bridgehead atoms. The molecule has 96 valence electrons. The molecule has 1 aliphatic carbocycles. The van der Waals surface area contributed by atoms with Crippen LogP contribution in [-0.2, 0) is 0 Å². The van der Waals surface area contributed by atoms with Crippen molar-refractivity contribution in [2.75, 3.05) is 0 Å². The Hall–Kier alpha value is -1.71. The highest BCUT2D eigenvalue weighted by atomic mass is 16.6. The number of carbonyl (C=O) groups is 1. The van der Waals surface area contributed by atoms with E-state index in [4.69, 9.17) is 0 Å². The van der Waals surface area contributed by atoms with E-state index >= 15 is 0 Å². The van der Waals surface area contributed by atoms with Crippen molar-refractivity contribution in [2.24, 2.45) is 5.92 Å². The maximum absolute atomic E-state index is 12.2. The van der Waals surface area contributed by atoms with E-state index in [-0.39, 0.29) is 11.7 Å². The third kappa shape index (κ3) is 2.75. The smallest absolute Gasteiger partial charge is 0.277 e. The van der Waals surface area contributed by atoms with Gasteiger partial charge >= 0.3 is 0 Å². The van der Waals surface area contributed by atoms with E-state index in [1.807, 2.05) is 0 Å². The molecule has 0 spiro atoms. The van der Waals surface area contributed by atoms with Gasteiger partial charge in [0.15, 0.2) is 0 Å². The van der Waals surface area contributed by atoms with Crippen LogP contribution in [0.4, 0.5) is 0 Å². The zero-order valence-corrected chi connectivity index (χ0v) is 10.2. The number of nitro groups is 1. The van der Waals surface area contributed by atoms with Crippen molar-refractivity contribution in [1.82, 2.24) is 0 Å². The zero-order valence-electron chi connectivity index (χ0n) is 10.2. The summed E-state index contributed by atoms with van der Waals surface area (Å²) >= 11 is 0. The van der Waals surface area contributed by atoms with Crippen LogP contribution in [0.15, 0.2) is 30.3 Å². The van der Waals surface area contributed by atoms with Crippen LogP contribution in [0.5, 0.6) is 0 Å². The Labute approximate surface area is 106 Å². The Morgan fingerprint density at radius 2 is 1.78 bits per heavy atom. The lowest BCUT2D eigenvalue weighted by atomic mass is 9.81. The molecule has 1 aliphatic rings. The minimum absolute atomic E-state index is 0.0959. The molecule has 0 N–H and O–H groups in total. The van der Waals surface area contributed by atoms with Crippen LogP contribution < -0.4 is 0 Å². The van der Waals surface area contributed by atoms with E-state index < -0.39 is 11.0 Å². The molecule has 1 unspecified atom stereocenters. The molecule has 2 rings (SSSR count). The van der Waals surface area contributed by atoms with E-state index in [1.54, 1.807) is 30.3 Å². The van der Waals surface area contributed by atoms with E-state index in [2.05, 4.69) is 0 Å². The second-order valence-corrected chi connectivity index (χ2v) is 4.86. The van der Waals surface area contributed by atoms with Crippen LogP contribution in [0.25, 0.3) is 0 Å². The van der Waals surface area contributed by atoms with Gasteiger partial charge in [0.2, 0.25) is 5.78 Å². The summed E-state index contributed by atoms with van der Waals surface area (Å²) in [6, 6.07) is 7.53. The molecular weight excluding hydrogens is 230 g/mol. The summed E-state index contributed by atoms with van der Waals surface area (Å²) in [6.45, 7) is 0. The molecule has 1 saturated carbocycles. The topological polar surface area (TPSA) is 60.2 Å². The highest BCUT2D eigenvalue weighted by Gasteiger charge is 2.39. The lowest BCUT2D eigenvalue weighted by molar-refractivity contribution is -0.515. The molecule has 4 nitrogen and oxygen atoms in total. The van der Waals surface area contributed by atoms with Gasteiger partial charge in [-0.3, -0.25) is 14.9 Å². The summed E-state index contributed by atoms with van der Waals surface area (Å²) < 4.78 is 0. The van der Waals surface area contributed by atoms with Crippen molar-refractivity contribution >= 4 is 5.78 Å². The molecule has 1 aromatic rings. The first-order chi connectivity index (χ1) is 8.70. The first-order valence-electron chi connectivity index (χ1n) is 6.43. The minimum atomic E-state index is -1.06. The zero-order chi connectivity index (χ0) is 13.0. The quantitative estimate of drug-likeness (QED) is 0.466. The van der Waals surface area contributed by atoms with E-state index in [1.165, 1.54) is 0 Å². The van der Waals surface area contributed by atoms with Crippen molar-refractivity contribution in [2.45, 2.75) is 38.1 Å². The van der Waals surface area contributed by atoms with Crippen LogP contribution in [0.1, 0.15) is 42.5 Å². The number of benzene rings is 1. The van der Waals surface area contributed by atoms with Gasteiger partial charge in [0.25, 0.3) is 6.04 Å². The fourth-order valence-electron chi connectivity index (χ4n) is 2.71. The van der Waals surface area contributed by atoms with Gasteiger partial charge in [-0.05, 0) is 12.8 Å². The summed E-state index contributed by atoms with van der Waals surface area (Å²) in [6.07, 6.45) is 4.71. The Morgan fingerprint density at radius 3 is 2.33 bits per heavy atom. The van der Waals surface area contributed by atoms with Crippen LogP contribution in [0.3, 0.4) is 0 Å². The maximum atomic E-state index is 12.2. The van der Waals surface area contributed by atoms with Gasteiger partial charge in [-0.15, -0.1) is 0 Å². The monoisotopic (exact) mass is 247 g/mol. The Bertz CT molecular complexity index is 424. The number of ketones is 1. The molecule has 18 heavy (non-hydrogen) atoms. The van der Waals surface area contributed by atoms with Crippen molar-refractivity contribution < 1.29 is 9.72 Å². The second kappa shape index (κ2) is 5.76. The maximum Gasteiger partial charge on any atom is 0.277 e. The average molecular weight is 247 g/mol. The van der Waals surface area contributed by atoms with Crippen LogP contribution >= 0.6 is 0 Å². The van der Waals surface area contributed by atoms with Crippen molar-refractivity contribution in [3.05, 3.63) is 46.0 Å². The summed E-state index contributed by atoms with van der Waals surface area (Å²) in [5.74, 6) is -0.436. The van der Waals surface area contributed by atoms with Gasteiger partial charge in [0.1, 0.15) is 0 Å². The lowest BCUT2D eigenvalue weighted by Gasteiger charge is -2.23. The standard InChI is InChI=1S/C14H17NO3/c16-14(12-9-5-2-6-10-12)13(15(17)18)11-7-3-1-4-8-11/h2,5-6,9-11,13H,1,3-4,7-8H2. The largest absolute Gasteiger partial charge is 0.286 e. The van der Waals surface area contributed by atoms with Crippen molar-refractivity contribution in [3.8, 4) is 0 Å². The lowest BCUT2D eigenvalue weighted by Crippen LogP contribution is -2.38. The van der Waals surface area contributed by atoms with Crippen LogP contribution in [-0.4, -0.2) is 16.7 Å². The fraction of sp³-hybridized carbons (Fsp3) is 0.500. The van der Waals surface area contributed by atoms with Gasteiger partial charge in [0, 0.05) is 16.4 Å². The number of hydrogen-bond donors (Lipinski definition) is 0. The number of rotatable bonds is 4. The van der Waals surface area contributed by atoms with Gasteiger partial charge in [0.05, 0.1) is 0 Å². The Morgan fingerprint density at radius 1 is 1.17 bits per heavy atom. The molecule has 0 saturated heterocycles. The van der Waals surface area contributed by atoms with Crippen LogP contribution in [0.2, 0.25) is 0 Å². The predicted octanol–water partition coefficient (Wildman–Crippen LogP) is 3.09. The molecule has 0 aliphatic heterocycles. The van der Waals surface area contributed by atoms with Gasteiger partial charge in [-0.25, -0.2) is 0 Å². The first-order valence-corrected chi connectivity index (χ1v) is 6.43. The Kier molecular flexibility index (Phi) is 4.07. The third-order valence-electron chi connectivity index (χ3n) is 3.65. The highest BCUT2D eigenvalue weighted by molar-refractivity contribution is 5.99. The van der Waals surface area contributed by atoms with Gasteiger partial charge in [-0.2, -0.15) is 0 Å². The normalized spacial score (nSPS) is 18.2. The summed E-state index contributed by atoms with van der Waals surface area (Å²) in [5.41, 5.74) is 0.449. The summed E-state index contributed by atoms with van der Waals surface area (Å²) in [5, 5.41) is 11.2. The first kappa shape index (κ1) is 12.7. The van der Waals surface area contributed by atoms with Crippen molar-refractivity contribution in [3.63, 3.8) is 0 Å². The van der Waals surface area contributed by atoms with Gasteiger partial charge < -0.3 is 0 Å². The molecule has 1 aromatic carbocycles. The molecule has 0 amide bonds.